The summed E-state index contributed by atoms with van der Waals surface area (Å²) in [5, 5.41) is 3.86. The molecule has 0 spiro atoms. The number of fused-ring (bicyclic) bond motifs is 3. The molecule has 3 nitrogen and oxygen atoms in total. The molecule has 4 heteroatoms. The SMILES string of the molecule is CB1c2c(oc3ccccc23)C=C(C)N1N1[C@@H](C)C(C)(C)CC1(C)C. The number of hydrogen-bond acceptors (Lipinski definition) is 3. The van der Waals surface area contributed by atoms with E-state index in [2.05, 4.69) is 82.6 Å². The van der Waals surface area contributed by atoms with Crippen LogP contribution in [0.1, 0.15) is 53.7 Å². The van der Waals surface area contributed by atoms with Gasteiger partial charge in [-0.05, 0) is 57.1 Å². The molecule has 0 amide bonds. The second kappa shape index (κ2) is 5.17. The molecular weight excluding hydrogens is 307 g/mol. The van der Waals surface area contributed by atoms with Gasteiger partial charge in [-0.3, -0.25) is 0 Å². The first-order valence-corrected chi connectivity index (χ1v) is 9.42. The highest BCUT2D eigenvalue weighted by molar-refractivity contribution is 6.73. The average Bonchev–Trinajstić information content (AvgIpc) is 2.93. The zero-order valence-electron chi connectivity index (χ0n) is 16.6. The van der Waals surface area contributed by atoms with Crippen molar-refractivity contribution in [3.63, 3.8) is 0 Å². The van der Waals surface area contributed by atoms with E-state index < -0.39 is 0 Å². The lowest BCUT2D eigenvalue weighted by molar-refractivity contribution is -0.0177. The fourth-order valence-corrected chi connectivity index (χ4v) is 5.34. The molecule has 1 aromatic heterocycles. The van der Waals surface area contributed by atoms with Gasteiger partial charge in [-0.25, -0.2) is 5.01 Å². The van der Waals surface area contributed by atoms with Crippen molar-refractivity contribution in [1.82, 2.24) is 9.93 Å². The summed E-state index contributed by atoms with van der Waals surface area (Å²) in [7, 11) is 0. The van der Waals surface area contributed by atoms with Gasteiger partial charge in [0.2, 0.25) is 0 Å². The Morgan fingerprint density at radius 2 is 1.84 bits per heavy atom. The van der Waals surface area contributed by atoms with Crippen molar-refractivity contribution >= 4 is 29.4 Å². The number of rotatable bonds is 1. The summed E-state index contributed by atoms with van der Waals surface area (Å²) in [4.78, 5) is 2.52. The van der Waals surface area contributed by atoms with Crippen LogP contribution in [-0.4, -0.2) is 28.4 Å². The second-order valence-corrected chi connectivity index (χ2v) is 9.18. The number of hydrogen-bond donors (Lipinski definition) is 0. The van der Waals surface area contributed by atoms with Crippen LogP contribution in [0.15, 0.2) is 34.4 Å². The molecule has 0 N–H and O–H groups in total. The average molecular weight is 336 g/mol. The van der Waals surface area contributed by atoms with Gasteiger partial charge >= 0.3 is 6.85 Å². The minimum absolute atomic E-state index is 0.128. The van der Waals surface area contributed by atoms with Crippen LogP contribution in [-0.2, 0) is 0 Å². The predicted octanol–water partition coefficient (Wildman–Crippen LogP) is 4.75. The molecule has 3 heterocycles. The van der Waals surface area contributed by atoms with E-state index in [1.54, 1.807) is 0 Å². The summed E-state index contributed by atoms with van der Waals surface area (Å²) in [5.74, 6) is 1.02. The molecule has 1 fully saturated rings. The van der Waals surface area contributed by atoms with Crippen LogP contribution in [0.4, 0.5) is 0 Å². The van der Waals surface area contributed by atoms with E-state index in [-0.39, 0.29) is 12.4 Å². The summed E-state index contributed by atoms with van der Waals surface area (Å²) in [5.41, 5.74) is 3.98. The minimum Gasteiger partial charge on any atom is -0.457 e. The first-order chi connectivity index (χ1) is 11.6. The smallest absolute Gasteiger partial charge is 0.308 e. The fraction of sp³-hybridized carbons (Fsp3) is 0.524. The lowest BCUT2D eigenvalue weighted by atomic mass is 9.54. The van der Waals surface area contributed by atoms with Gasteiger partial charge in [-0.15, -0.1) is 0 Å². The van der Waals surface area contributed by atoms with E-state index in [4.69, 9.17) is 4.42 Å². The highest BCUT2D eigenvalue weighted by Crippen LogP contribution is 2.48. The molecule has 2 aliphatic heterocycles. The van der Waals surface area contributed by atoms with E-state index in [1.165, 1.54) is 23.0 Å². The summed E-state index contributed by atoms with van der Waals surface area (Å²) in [6, 6.07) is 8.88. The first-order valence-electron chi connectivity index (χ1n) is 9.42. The van der Waals surface area contributed by atoms with E-state index in [9.17, 15) is 0 Å². The Bertz CT molecular complexity index is 864. The summed E-state index contributed by atoms with van der Waals surface area (Å²) >= 11 is 0. The van der Waals surface area contributed by atoms with Crippen molar-refractivity contribution in [1.29, 1.82) is 0 Å². The normalized spacial score (nSPS) is 25.4. The zero-order chi connectivity index (χ0) is 18.1. The Balaban J connectivity index is 1.85. The lowest BCUT2D eigenvalue weighted by Gasteiger charge is -2.49. The van der Waals surface area contributed by atoms with Gasteiger partial charge in [-0.2, -0.15) is 0 Å². The maximum absolute atomic E-state index is 6.14. The van der Waals surface area contributed by atoms with E-state index in [0.717, 1.165) is 11.3 Å². The van der Waals surface area contributed by atoms with Gasteiger partial charge in [0.25, 0.3) is 0 Å². The van der Waals surface area contributed by atoms with Crippen LogP contribution < -0.4 is 5.46 Å². The highest BCUT2D eigenvalue weighted by atomic mass is 16.3. The summed E-state index contributed by atoms with van der Waals surface area (Å²) in [6.45, 7) is 16.7. The Kier molecular flexibility index (Phi) is 3.47. The topological polar surface area (TPSA) is 19.6 Å². The number of allylic oxidation sites excluding steroid dienone is 1. The summed E-state index contributed by atoms with van der Waals surface area (Å²) < 4.78 is 6.14. The largest absolute Gasteiger partial charge is 0.457 e. The van der Waals surface area contributed by atoms with Crippen molar-refractivity contribution < 1.29 is 4.42 Å². The molecule has 1 atom stereocenters. The van der Waals surface area contributed by atoms with Gasteiger partial charge in [0.1, 0.15) is 11.3 Å². The molecule has 2 aromatic rings. The molecular formula is C21H29BN2O. The molecule has 4 rings (SSSR count). The van der Waals surface area contributed by atoms with Crippen LogP contribution in [0.25, 0.3) is 17.0 Å². The minimum atomic E-state index is 0.128. The van der Waals surface area contributed by atoms with Crippen molar-refractivity contribution in [2.45, 2.75) is 66.4 Å². The zero-order valence-corrected chi connectivity index (χ0v) is 16.6. The molecule has 25 heavy (non-hydrogen) atoms. The van der Waals surface area contributed by atoms with Crippen molar-refractivity contribution in [2.24, 2.45) is 5.41 Å². The third-order valence-corrected chi connectivity index (χ3v) is 6.39. The third-order valence-electron chi connectivity index (χ3n) is 6.39. The van der Waals surface area contributed by atoms with E-state index >= 15 is 0 Å². The molecule has 0 aliphatic carbocycles. The fourth-order valence-electron chi connectivity index (χ4n) is 5.34. The third kappa shape index (κ3) is 2.30. The van der Waals surface area contributed by atoms with Gasteiger partial charge in [0.15, 0.2) is 0 Å². The molecule has 0 radical (unpaired) electrons. The molecule has 132 valence electrons. The van der Waals surface area contributed by atoms with Crippen molar-refractivity contribution in [3.8, 4) is 0 Å². The van der Waals surface area contributed by atoms with E-state index in [1.807, 2.05) is 6.07 Å². The van der Waals surface area contributed by atoms with Crippen molar-refractivity contribution in [3.05, 3.63) is 35.7 Å². The first kappa shape index (κ1) is 16.8. The van der Waals surface area contributed by atoms with Gasteiger partial charge < -0.3 is 9.34 Å². The second-order valence-electron chi connectivity index (χ2n) is 9.18. The van der Waals surface area contributed by atoms with Gasteiger partial charge in [0, 0.05) is 22.7 Å². The Morgan fingerprint density at radius 3 is 2.48 bits per heavy atom. The quantitative estimate of drug-likeness (QED) is 0.701. The highest BCUT2D eigenvalue weighted by Gasteiger charge is 2.53. The molecule has 0 unspecified atom stereocenters. The molecule has 0 saturated carbocycles. The predicted molar refractivity (Wildman–Crippen MR) is 107 cm³/mol. The number of nitrogens with zero attached hydrogens (tertiary/aromatic N) is 2. The van der Waals surface area contributed by atoms with Crippen LogP contribution in [0, 0.1) is 5.41 Å². The van der Waals surface area contributed by atoms with Crippen molar-refractivity contribution in [2.75, 3.05) is 0 Å². The Labute approximate surface area is 151 Å². The molecule has 2 aliphatic rings. The molecule has 1 aromatic carbocycles. The molecule has 1 saturated heterocycles. The number of furan rings is 1. The number of para-hydroxylation sites is 1. The van der Waals surface area contributed by atoms with Gasteiger partial charge in [-0.1, -0.05) is 38.9 Å². The van der Waals surface area contributed by atoms with Gasteiger partial charge in [0.05, 0.1) is 0 Å². The molecule has 0 bridgehead atoms. The Hall–Kier alpha value is -1.68. The maximum atomic E-state index is 6.14. The van der Waals surface area contributed by atoms with Crippen LogP contribution in [0.2, 0.25) is 6.82 Å². The van der Waals surface area contributed by atoms with E-state index in [0.29, 0.717) is 11.5 Å². The van der Waals surface area contributed by atoms with Crippen LogP contribution >= 0.6 is 0 Å². The number of benzene rings is 1. The maximum Gasteiger partial charge on any atom is 0.308 e. The van der Waals surface area contributed by atoms with Crippen LogP contribution in [0.3, 0.4) is 0 Å². The Morgan fingerprint density at radius 1 is 1.16 bits per heavy atom. The standard InChI is InChI=1S/C21H29BN2O/c1-14-12-18-19(16-10-8-9-11-17(16)25-18)22(7)24(14)23-15(2)20(3,4)13-21(23,5)6/h8-12,15H,13H2,1-7H3/t15-/m0/s1. The lowest BCUT2D eigenvalue weighted by Crippen LogP contribution is -2.62. The summed E-state index contributed by atoms with van der Waals surface area (Å²) in [6.07, 6.45) is 3.40. The monoisotopic (exact) mass is 336 g/mol. The number of hydrazine groups is 1. The van der Waals surface area contributed by atoms with Crippen LogP contribution in [0.5, 0.6) is 0 Å².